The van der Waals surface area contributed by atoms with Crippen LogP contribution in [0.4, 0.5) is 0 Å². The number of allylic oxidation sites excluding steroid dienone is 4. The second kappa shape index (κ2) is 13.3. The van der Waals surface area contributed by atoms with Gasteiger partial charge in [0.15, 0.2) is 5.58 Å². The Labute approximate surface area is 325 Å². The van der Waals surface area contributed by atoms with E-state index in [2.05, 4.69) is 198 Å². The van der Waals surface area contributed by atoms with Crippen LogP contribution < -0.4 is 5.32 Å². The van der Waals surface area contributed by atoms with E-state index in [1.54, 1.807) is 0 Å². The monoisotopic (exact) mass is 719 g/mol. The molecule has 0 spiro atoms. The summed E-state index contributed by atoms with van der Waals surface area (Å²) in [7, 11) is 0. The van der Waals surface area contributed by atoms with Crippen LogP contribution in [0.1, 0.15) is 41.1 Å². The molecule has 1 atom stereocenters. The van der Waals surface area contributed by atoms with E-state index in [9.17, 15) is 0 Å². The summed E-state index contributed by atoms with van der Waals surface area (Å²) >= 11 is 0. The van der Waals surface area contributed by atoms with Crippen molar-refractivity contribution in [2.24, 2.45) is 4.99 Å². The molecule has 1 N–H and O–H groups in total. The van der Waals surface area contributed by atoms with Crippen molar-refractivity contribution in [2.75, 3.05) is 0 Å². The van der Waals surface area contributed by atoms with E-state index in [1.165, 1.54) is 38.6 Å². The highest BCUT2D eigenvalue weighted by Crippen LogP contribution is 2.41. The smallest absolute Gasteiger partial charge is 0.159 e. The van der Waals surface area contributed by atoms with Gasteiger partial charge in [0.1, 0.15) is 11.4 Å². The van der Waals surface area contributed by atoms with Gasteiger partial charge in [-0.15, -0.1) is 0 Å². The lowest BCUT2D eigenvalue weighted by Crippen LogP contribution is -2.31. The molecule has 4 nitrogen and oxygen atoms in total. The number of aromatic nitrogens is 1. The highest BCUT2D eigenvalue weighted by molar-refractivity contribution is 6.15. The second-order valence-electron chi connectivity index (χ2n) is 14.7. The van der Waals surface area contributed by atoms with Gasteiger partial charge >= 0.3 is 0 Å². The summed E-state index contributed by atoms with van der Waals surface area (Å²) in [6, 6.07) is 58.3. The average molecular weight is 720 g/mol. The summed E-state index contributed by atoms with van der Waals surface area (Å²) in [6.45, 7) is 0. The minimum atomic E-state index is -0.0612. The Balaban J connectivity index is 1.09. The summed E-state index contributed by atoms with van der Waals surface area (Å²) in [5.41, 5.74) is 14.1. The lowest BCUT2D eigenvalue weighted by atomic mass is 9.96. The number of hydrogen-bond acceptors (Lipinski definition) is 3. The maximum Gasteiger partial charge on any atom is 0.159 e. The molecule has 2 aliphatic rings. The molecule has 3 heterocycles. The van der Waals surface area contributed by atoms with Crippen molar-refractivity contribution >= 4 is 60.9 Å². The summed E-state index contributed by atoms with van der Waals surface area (Å²) in [4.78, 5) is 5.36. The van der Waals surface area contributed by atoms with E-state index in [1.807, 2.05) is 0 Å². The Kier molecular flexibility index (Phi) is 7.66. The van der Waals surface area contributed by atoms with Crippen LogP contribution in [-0.4, -0.2) is 10.4 Å². The molecule has 11 rings (SSSR count). The van der Waals surface area contributed by atoms with Gasteiger partial charge in [0.2, 0.25) is 0 Å². The maximum absolute atomic E-state index is 6.97. The SMILES string of the molecule is C1=CCCC(c2cccc3c2oc2c(-n4c5ccccc5c5ccc(C6=NC(c7cccc(-c8ccccc8)c7)=CC(c7ccccc7)N6)cc54)cccc23)=C1. The second-order valence-corrected chi connectivity index (χ2v) is 14.7. The highest BCUT2D eigenvalue weighted by Gasteiger charge is 2.23. The molecule has 0 fully saturated rings. The summed E-state index contributed by atoms with van der Waals surface area (Å²) < 4.78 is 9.35. The van der Waals surface area contributed by atoms with Gasteiger partial charge in [-0.25, -0.2) is 4.99 Å². The Morgan fingerprint density at radius 2 is 1.29 bits per heavy atom. The first-order chi connectivity index (χ1) is 27.8. The van der Waals surface area contributed by atoms with Crippen LogP contribution in [0.5, 0.6) is 0 Å². The van der Waals surface area contributed by atoms with E-state index in [4.69, 9.17) is 9.41 Å². The normalized spacial score (nSPS) is 15.6. The van der Waals surface area contributed by atoms with Crippen molar-refractivity contribution in [3.05, 3.63) is 210 Å². The Hall–Kier alpha value is -7.17. The van der Waals surface area contributed by atoms with E-state index < -0.39 is 0 Å². The molecule has 0 bridgehead atoms. The number of furan rings is 1. The van der Waals surface area contributed by atoms with Crippen LogP contribution in [0.3, 0.4) is 0 Å². The standard InChI is InChI=1S/C52H37N3O/c1-4-15-34(16-5-1)37-21-12-22-38(31-37)46-33-45(36-19-8-3-9-20-36)53-52(54-46)39-29-30-42-41-23-10-11-27-47(41)55(49(42)32-39)48-28-14-26-44-43-25-13-24-40(50(43)56-51(44)48)35-17-6-2-7-18-35/h1-6,8-17,19-33,45H,7,18H2,(H,53,54). The van der Waals surface area contributed by atoms with E-state index in [0.29, 0.717) is 0 Å². The van der Waals surface area contributed by atoms with Gasteiger partial charge < -0.3 is 14.3 Å². The third-order valence-electron chi connectivity index (χ3n) is 11.3. The third kappa shape index (κ3) is 5.41. The van der Waals surface area contributed by atoms with Crippen molar-refractivity contribution < 1.29 is 4.42 Å². The number of rotatable bonds is 6. The molecular formula is C52H37N3O. The van der Waals surface area contributed by atoms with Crippen LogP contribution in [0.15, 0.2) is 198 Å². The molecule has 0 radical (unpaired) electrons. The lowest BCUT2D eigenvalue weighted by molar-refractivity contribution is 0.664. The van der Waals surface area contributed by atoms with Gasteiger partial charge in [-0.3, -0.25) is 0 Å². The quantitative estimate of drug-likeness (QED) is 0.186. The van der Waals surface area contributed by atoms with E-state index in [-0.39, 0.29) is 6.04 Å². The van der Waals surface area contributed by atoms with Gasteiger partial charge in [-0.2, -0.15) is 0 Å². The number of benzene rings is 7. The Bertz CT molecular complexity index is 3100. The summed E-state index contributed by atoms with van der Waals surface area (Å²) in [5, 5.41) is 8.44. The zero-order chi connectivity index (χ0) is 37.0. The predicted octanol–water partition coefficient (Wildman–Crippen LogP) is 13.2. The van der Waals surface area contributed by atoms with Gasteiger partial charge in [0, 0.05) is 38.2 Å². The fourth-order valence-corrected chi connectivity index (χ4v) is 8.61. The van der Waals surface area contributed by atoms with Crippen molar-refractivity contribution in [1.29, 1.82) is 0 Å². The first kappa shape index (κ1) is 32.3. The Morgan fingerprint density at radius 3 is 2.14 bits per heavy atom. The van der Waals surface area contributed by atoms with Gasteiger partial charge in [0.05, 0.1) is 28.5 Å². The van der Waals surface area contributed by atoms with Crippen LogP contribution in [0.2, 0.25) is 0 Å². The minimum absolute atomic E-state index is 0.0612. The van der Waals surface area contributed by atoms with Gasteiger partial charge in [-0.05, 0) is 65.4 Å². The number of hydrogen-bond donors (Lipinski definition) is 1. The van der Waals surface area contributed by atoms with Crippen LogP contribution in [0.25, 0.3) is 71.8 Å². The van der Waals surface area contributed by atoms with Gasteiger partial charge in [-0.1, -0.05) is 158 Å². The lowest BCUT2D eigenvalue weighted by Gasteiger charge is -2.25. The topological polar surface area (TPSA) is 42.5 Å². The number of fused-ring (bicyclic) bond motifs is 6. The largest absolute Gasteiger partial charge is 0.453 e. The summed E-state index contributed by atoms with van der Waals surface area (Å²) in [5.74, 6) is 0.835. The van der Waals surface area contributed by atoms with E-state index in [0.717, 1.165) is 74.2 Å². The molecule has 266 valence electrons. The predicted molar refractivity (Wildman–Crippen MR) is 233 cm³/mol. The fourth-order valence-electron chi connectivity index (χ4n) is 8.61. The molecule has 0 amide bonds. The average Bonchev–Trinajstić information content (AvgIpc) is 3.83. The molecular weight excluding hydrogens is 683 g/mol. The summed E-state index contributed by atoms with van der Waals surface area (Å²) in [6.07, 6.45) is 10.9. The fraction of sp³-hybridized carbons (Fsp3) is 0.0577. The number of nitrogens with zero attached hydrogens (tertiary/aromatic N) is 2. The van der Waals surface area contributed by atoms with Crippen molar-refractivity contribution in [3.8, 4) is 16.8 Å². The zero-order valence-corrected chi connectivity index (χ0v) is 30.7. The number of para-hydroxylation sites is 3. The molecule has 4 heteroatoms. The van der Waals surface area contributed by atoms with Crippen molar-refractivity contribution in [2.45, 2.75) is 18.9 Å². The number of aliphatic imine (C=N–C) groups is 1. The molecule has 56 heavy (non-hydrogen) atoms. The minimum Gasteiger partial charge on any atom is -0.453 e. The molecule has 0 saturated heterocycles. The molecule has 1 unspecified atom stereocenters. The third-order valence-corrected chi connectivity index (χ3v) is 11.3. The first-order valence-corrected chi connectivity index (χ1v) is 19.4. The molecule has 0 saturated carbocycles. The molecule has 1 aliphatic carbocycles. The van der Waals surface area contributed by atoms with Crippen molar-refractivity contribution in [3.63, 3.8) is 0 Å². The van der Waals surface area contributed by atoms with Crippen LogP contribution in [-0.2, 0) is 0 Å². The molecule has 7 aromatic carbocycles. The first-order valence-electron chi connectivity index (χ1n) is 19.4. The van der Waals surface area contributed by atoms with Crippen LogP contribution >= 0.6 is 0 Å². The van der Waals surface area contributed by atoms with E-state index >= 15 is 0 Å². The van der Waals surface area contributed by atoms with Crippen LogP contribution in [0, 0.1) is 0 Å². The maximum atomic E-state index is 6.97. The number of amidine groups is 1. The Morgan fingerprint density at radius 1 is 0.571 bits per heavy atom. The van der Waals surface area contributed by atoms with Gasteiger partial charge in [0.25, 0.3) is 0 Å². The molecule has 9 aromatic rings. The number of nitrogens with one attached hydrogen (secondary N) is 1. The molecule has 1 aliphatic heterocycles. The zero-order valence-electron chi connectivity index (χ0n) is 30.7. The molecule has 2 aromatic heterocycles. The van der Waals surface area contributed by atoms with Crippen molar-refractivity contribution in [1.82, 2.24) is 9.88 Å². The highest BCUT2D eigenvalue weighted by atomic mass is 16.3.